The van der Waals surface area contributed by atoms with Gasteiger partial charge in [-0.2, -0.15) is 5.10 Å². The molecule has 31 heavy (non-hydrogen) atoms. The molecule has 1 aromatic carbocycles. The van der Waals surface area contributed by atoms with Gasteiger partial charge in [-0.15, -0.1) is 0 Å². The van der Waals surface area contributed by atoms with Gasteiger partial charge in [-0.25, -0.2) is 0 Å². The molecule has 0 amide bonds. The van der Waals surface area contributed by atoms with Gasteiger partial charge in [0, 0.05) is 70.0 Å². The van der Waals surface area contributed by atoms with Gasteiger partial charge in [0.05, 0.1) is 5.69 Å². The van der Waals surface area contributed by atoms with Gasteiger partial charge in [0.25, 0.3) is 0 Å². The molecule has 1 unspecified atom stereocenters. The molecular weight excluding hydrogens is 382 g/mol. The predicted octanol–water partition coefficient (Wildman–Crippen LogP) is 4.11. The Morgan fingerprint density at radius 2 is 1.87 bits per heavy atom. The number of hydrogen-bond donors (Lipinski definition) is 1. The Labute approximate surface area is 187 Å². The normalized spacial score (nSPS) is 28.4. The van der Waals surface area contributed by atoms with E-state index in [4.69, 9.17) is 5.10 Å². The van der Waals surface area contributed by atoms with Crippen LogP contribution in [0.1, 0.15) is 67.3 Å². The maximum atomic E-state index is 4.95. The maximum absolute atomic E-state index is 4.95. The minimum absolute atomic E-state index is 0.663. The Morgan fingerprint density at radius 1 is 1.10 bits per heavy atom. The first-order valence-electron chi connectivity index (χ1n) is 12.3. The summed E-state index contributed by atoms with van der Waals surface area (Å²) in [5.41, 5.74) is 5.49. The van der Waals surface area contributed by atoms with E-state index in [1.165, 1.54) is 74.3 Å². The molecule has 0 radical (unpaired) electrons. The highest BCUT2D eigenvalue weighted by atomic mass is 15.3. The molecule has 4 fully saturated rings. The third kappa shape index (κ3) is 4.40. The summed E-state index contributed by atoms with van der Waals surface area (Å²) in [5, 5.41) is 8.69. The number of nitrogens with zero attached hydrogens (tertiary/aromatic N) is 4. The summed E-state index contributed by atoms with van der Waals surface area (Å²) in [5.74, 6) is 2.18. The molecule has 4 atom stereocenters. The zero-order chi connectivity index (χ0) is 21.4. The van der Waals surface area contributed by atoms with Crippen LogP contribution >= 0.6 is 0 Å². The molecule has 4 aliphatic rings. The Morgan fingerprint density at radius 3 is 2.55 bits per heavy atom. The van der Waals surface area contributed by atoms with Crippen LogP contribution in [0.5, 0.6) is 0 Å². The molecule has 4 heterocycles. The van der Waals surface area contributed by atoms with Gasteiger partial charge >= 0.3 is 0 Å². The lowest BCUT2D eigenvalue weighted by Crippen LogP contribution is -2.55. The number of aromatic nitrogens is 2. The number of nitrogens with one attached hydrogen (secondary N) is 1. The van der Waals surface area contributed by atoms with E-state index < -0.39 is 0 Å². The highest BCUT2D eigenvalue weighted by Crippen LogP contribution is 2.43. The number of fused-ring (bicyclic) bond motifs is 3. The van der Waals surface area contributed by atoms with Crippen molar-refractivity contribution in [1.29, 1.82) is 0 Å². The summed E-state index contributed by atoms with van der Waals surface area (Å²) in [6, 6.07) is 12.1. The minimum atomic E-state index is 0.663. The number of piperidine rings is 3. The van der Waals surface area contributed by atoms with Crippen molar-refractivity contribution >= 4 is 5.69 Å². The van der Waals surface area contributed by atoms with Crippen LogP contribution in [0.2, 0.25) is 0 Å². The molecule has 6 rings (SSSR count). The van der Waals surface area contributed by atoms with E-state index in [9.17, 15) is 0 Å². The molecule has 5 heteroatoms. The Hall–Kier alpha value is -1.85. The molecule has 1 N–H and O–H groups in total. The van der Waals surface area contributed by atoms with E-state index in [1.807, 2.05) is 0 Å². The highest BCUT2D eigenvalue weighted by Gasteiger charge is 2.41. The van der Waals surface area contributed by atoms with Crippen molar-refractivity contribution in [2.45, 2.75) is 62.9 Å². The van der Waals surface area contributed by atoms with Gasteiger partial charge in [0.1, 0.15) is 0 Å². The van der Waals surface area contributed by atoms with Crippen molar-refractivity contribution in [3.8, 4) is 0 Å². The van der Waals surface area contributed by atoms with Crippen LogP contribution in [-0.4, -0.2) is 54.5 Å². The largest absolute Gasteiger partial charge is 0.378 e. The quantitative estimate of drug-likeness (QED) is 0.730. The smallest absolute Gasteiger partial charge is 0.0658 e. The molecule has 2 bridgehead atoms. The third-order valence-corrected chi connectivity index (χ3v) is 8.13. The number of aryl methyl sites for hydroxylation is 1. The molecule has 3 saturated heterocycles. The fourth-order valence-corrected chi connectivity index (χ4v) is 6.25. The van der Waals surface area contributed by atoms with E-state index in [0.717, 1.165) is 19.0 Å². The fourth-order valence-electron chi connectivity index (χ4n) is 6.25. The van der Waals surface area contributed by atoms with Crippen LogP contribution in [0.4, 0.5) is 5.69 Å². The van der Waals surface area contributed by atoms with Gasteiger partial charge in [-0.1, -0.05) is 25.0 Å². The van der Waals surface area contributed by atoms with Crippen LogP contribution in [-0.2, 0) is 13.6 Å². The molecule has 1 aromatic heterocycles. The Balaban J connectivity index is 1.17. The van der Waals surface area contributed by atoms with Crippen molar-refractivity contribution in [2.24, 2.45) is 13.0 Å². The average molecular weight is 422 g/mol. The molecule has 1 saturated carbocycles. The maximum Gasteiger partial charge on any atom is 0.0658 e. The first kappa shape index (κ1) is 21.0. The van der Waals surface area contributed by atoms with Crippen molar-refractivity contribution in [3.05, 3.63) is 47.3 Å². The lowest BCUT2D eigenvalue weighted by molar-refractivity contribution is 0.0282. The molecule has 2 aromatic rings. The van der Waals surface area contributed by atoms with E-state index in [1.54, 1.807) is 0 Å². The second-order valence-corrected chi connectivity index (χ2v) is 10.3. The summed E-state index contributed by atoms with van der Waals surface area (Å²) in [6.45, 7) is 4.52. The molecule has 3 aliphatic heterocycles. The number of anilines is 1. The van der Waals surface area contributed by atoms with E-state index >= 15 is 0 Å². The van der Waals surface area contributed by atoms with Gasteiger partial charge in [0.15, 0.2) is 0 Å². The minimum Gasteiger partial charge on any atom is -0.378 e. The molecule has 5 nitrogen and oxygen atoms in total. The summed E-state index contributed by atoms with van der Waals surface area (Å²) in [4.78, 5) is 4.90. The van der Waals surface area contributed by atoms with Gasteiger partial charge in [0.2, 0.25) is 0 Å². The van der Waals surface area contributed by atoms with E-state index in [-0.39, 0.29) is 0 Å². The average Bonchev–Trinajstić information content (AvgIpc) is 3.44. The number of hydrogen-bond acceptors (Lipinski definition) is 4. The summed E-state index contributed by atoms with van der Waals surface area (Å²) in [6.07, 6.45) is 8.10. The second-order valence-electron chi connectivity index (χ2n) is 10.3. The van der Waals surface area contributed by atoms with E-state index in [0.29, 0.717) is 17.9 Å². The fraction of sp³-hybridized carbons (Fsp3) is 0.654. The first-order valence-corrected chi connectivity index (χ1v) is 12.3. The molecule has 0 spiro atoms. The zero-order valence-corrected chi connectivity index (χ0v) is 19.6. The van der Waals surface area contributed by atoms with Crippen LogP contribution < -0.4 is 10.2 Å². The molecule has 168 valence electrons. The Bertz CT molecular complexity index is 864. The monoisotopic (exact) mass is 421 g/mol. The number of benzene rings is 1. The number of rotatable bonds is 7. The van der Waals surface area contributed by atoms with Gasteiger partial charge in [-0.05, 0) is 61.9 Å². The van der Waals surface area contributed by atoms with Crippen molar-refractivity contribution in [1.82, 2.24) is 20.0 Å². The van der Waals surface area contributed by atoms with Crippen LogP contribution in [0.3, 0.4) is 0 Å². The molecular formula is C26H39N5. The van der Waals surface area contributed by atoms with Crippen molar-refractivity contribution in [3.63, 3.8) is 0 Å². The van der Waals surface area contributed by atoms with Crippen LogP contribution in [0, 0.1) is 5.92 Å². The second kappa shape index (κ2) is 8.95. The first-order chi connectivity index (χ1) is 15.1. The van der Waals surface area contributed by atoms with Crippen LogP contribution in [0.15, 0.2) is 30.3 Å². The summed E-state index contributed by atoms with van der Waals surface area (Å²) in [7, 11) is 6.36. The van der Waals surface area contributed by atoms with Crippen LogP contribution in [0.25, 0.3) is 0 Å². The molecule has 1 aliphatic carbocycles. The van der Waals surface area contributed by atoms with Gasteiger partial charge in [-0.3, -0.25) is 9.58 Å². The van der Waals surface area contributed by atoms with Crippen molar-refractivity contribution in [2.75, 3.05) is 38.6 Å². The Kier molecular flexibility index (Phi) is 6.07. The SMILES string of the molecule is CN(C)c1ccc(CNC[C@H]2C[C@@H]3CCN2C[C@H]3c2cc(C3CCCC3)nn2C)cc1. The predicted molar refractivity (Wildman–Crippen MR) is 128 cm³/mol. The van der Waals surface area contributed by atoms with E-state index in [2.05, 4.69) is 71.3 Å². The standard InChI is InChI=1S/C26H39N5/c1-29(2)22-10-8-19(9-11-22)16-27-17-23-14-21-12-13-31(23)18-24(21)26-15-25(28-30(26)3)20-6-4-5-7-20/h8-11,15,20-21,23-24,27H,4-7,12-14,16-18H2,1-3H3/t21-,23+,24+/m0/s1. The lowest BCUT2D eigenvalue weighted by Gasteiger charge is -2.50. The summed E-state index contributed by atoms with van der Waals surface area (Å²) < 4.78 is 2.21. The topological polar surface area (TPSA) is 36.3 Å². The highest BCUT2D eigenvalue weighted by molar-refractivity contribution is 5.45. The van der Waals surface area contributed by atoms with Gasteiger partial charge < -0.3 is 10.2 Å². The third-order valence-electron chi connectivity index (χ3n) is 8.13. The van der Waals surface area contributed by atoms with Crippen molar-refractivity contribution < 1.29 is 0 Å². The lowest BCUT2D eigenvalue weighted by atomic mass is 9.74. The summed E-state index contributed by atoms with van der Waals surface area (Å²) >= 11 is 0. The zero-order valence-electron chi connectivity index (χ0n) is 19.6.